The van der Waals surface area contributed by atoms with Gasteiger partial charge < -0.3 is 23.8 Å². The number of esters is 2. The van der Waals surface area contributed by atoms with Gasteiger partial charge in [-0.1, -0.05) is 134 Å². The fourth-order valence-corrected chi connectivity index (χ4v) is 5.89. The zero-order valence-corrected chi connectivity index (χ0v) is 33.1. The average Bonchev–Trinajstić information content (AvgIpc) is 3.06. The molecule has 50 heavy (non-hydrogen) atoms. The monoisotopic (exact) mass is 709 g/mol. The molecule has 2 unspecified atom stereocenters. The molecule has 0 saturated carbocycles. The molecule has 8 nitrogen and oxygen atoms in total. The molecule has 0 fully saturated rings. The molecule has 2 atom stereocenters. The third kappa shape index (κ3) is 31.8. The van der Waals surface area contributed by atoms with Gasteiger partial charge in [0.2, 0.25) is 0 Å². The molecule has 0 rings (SSSR count). The van der Waals surface area contributed by atoms with Crippen LogP contribution in [0.1, 0.15) is 174 Å². The number of carbonyl (C=O) groups excluding carboxylic acids is 2. The Morgan fingerprint density at radius 2 is 1.06 bits per heavy atom. The number of carboxylic acids is 1. The topological polar surface area (TPSA) is 99.1 Å². The molecule has 0 saturated heterocycles. The van der Waals surface area contributed by atoms with Gasteiger partial charge in [0.25, 0.3) is 0 Å². The van der Waals surface area contributed by atoms with Crippen molar-refractivity contribution >= 4 is 17.9 Å². The summed E-state index contributed by atoms with van der Waals surface area (Å²) in [7, 11) is 5.51. The van der Waals surface area contributed by atoms with Gasteiger partial charge in [0.15, 0.2) is 12.1 Å². The smallest absolute Gasteiger partial charge is 0.362 e. The number of carbonyl (C=O) groups is 3. The first-order valence-corrected chi connectivity index (χ1v) is 20.4. The molecule has 0 aliphatic carbocycles. The number of hydrogen-bond donors (Lipinski definition) is 1. The highest BCUT2D eigenvalue weighted by molar-refractivity contribution is 5.72. The second-order valence-electron chi connectivity index (χ2n) is 14.9. The third-order valence-corrected chi connectivity index (χ3v) is 9.10. The van der Waals surface area contributed by atoms with Crippen molar-refractivity contribution in [3.05, 3.63) is 24.3 Å². The van der Waals surface area contributed by atoms with E-state index in [9.17, 15) is 19.5 Å². The Hall–Kier alpha value is -2.19. The van der Waals surface area contributed by atoms with Crippen molar-refractivity contribution in [3.63, 3.8) is 0 Å². The molecule has 0 spiro atoms. The Bertz CT molecular complexity index is 880. The van der Waals surface area contributed by atoms with E-state index in [0.29, 0.717) is 19.3 Å². The number of carboxylic acid groups (broad SMARTS) is 1. The normalized spacial score (nSPS) is 13.2. The van der Waals surface area contributed by atoms with E-state index in [1.807, 2.05) is 21.1 Å². The number of rotatable bonds is 36. The SMILES string of the molecule is CCCCCCC/C=C\C/C=C\CCCCCCCCCCCC(=O)OC(COCCC(C(=O)O)[N+](C)(C)C)COC(=O)CCCCCCC. The molecule has 0 aromatic carbocycles. The first kappa shape index (κ1) is 47.8. The molecule has 0 radical (unpaired) electrons. The minimum absolute atomic E-state index is 0.0514. The van der Waals surface area contributed by atoms with Gasteiger partial charge in [-0.05, 0) is 44.9 Å². The number of quaternary nitrogens is 1. The van der Waals surface area contributed by atoms with Crippen LogP contribution in [0.5, 0.6) is 0 Å². The first-order chi connectivity index (χ1) is 24.1. The highest BCUT2D eigenvalue weighted by Crippen LogP contribution is 2.14. The van der Waals surface area contributed by atoms with Gasteiger partial charge in [0.05, 0.1) is 34.4 Å². The fraction of sp³-hybridized carbons (Fsp3) is 0.833. The zero-order valence-electron chi connectivity index (χ0n) is 33.1. The zero-order chi connectivity index (χ0) is 37.1. The molecule has 1 N–H and O–H groups in total. The van der Waals surface area contributed by atoms with E-state index >= 15 is 0 Å². The second kappa shape index (κ2) is 33.9. The van der Waals surface area contributed by atoms with E-state index in [1.54, 1.807) is 0 Å². The number of likely N-dealkylation sites (N-methyl/N-ethyl adjacent to an activating group) is 1. The largest absolute Gasteiger partial charge is 0.477 e. The maximum absolute atomic E-state index is 12.6. The van der Waals surface area contributed by atoms with Crippen LogP contribution in [0, 0.1) is 0 Å². The van der Waals surface area contributed by atoms with Crippen LogP contribution in [0.4, 0.5) is 0 Å². The van der Waals surface area contributed by atoms with Crippen molar-refractivity contribution in [2.24, 2.45) is 0 Å². The molecule has 292 valence electrons. The van der Waals surface area contributed by atoms with Gasteiger partial charge in [-0.25, -0.2) is 4.79 Å². The maximum Gasteiger partial charge on any atom is 0.362 e. The van der Waals surface area contributed by atoms with Crippen LogP contribution in [0.25, 0.3) is 0 Å². The van der Waals surface area contributed by atoms with E-state index in [0.717, 1.165) is 57.8 Å². The molecule has 0 aliphatic rings. The predicted molar refractivity (Wildman–Crippen MR) is 206 cm³/mol. The lowest BCUT2D eigenvalue weighted by Crippen LogP contribution is -2.50. The lowest BCUT2D eigenvalue weighted by Gasteiger charge is -2.31. The van der Waals surface area contributed by atoms with E-state index < -0.39 is 18.1 Å². The van der Waals surface area contributed by atoms with Crippen molar-refractivity contribution in [1.29, 1.82) is 0 Å². The Morgan fingerprint density at radius 1 is 0.600 bits per heavy atom. The summed E-state index contributed by atoms with van der Waals surface area (Å²) < 4.78 is 17.1. The summed E-state index contributed by atoms with van der Waals surface area (Å²) in [6.45, 7) is 4.63. The standard InChI is InChI=1S/C42H77NO7/c1-6-8-10-12-13-14-15-16-17-18-19-20-21-22-23-24-25-26-27-29-31-33-41(45)50-38(37-49-40(44)32-30-28-11-9-7-2)36-48-35-34-39(42(46)47)43(3,4)5/h15-16,18-19,38-39H,6-14,17,20-37H2,1-5H3/p+1/b16-15-,19-18-. The Labute approximate surface area is 307 Å². The van der Waals surface area contributed by atoms with Crippen LogP contribution < -0.4 is 0 Å². The number of nitrogens with zero attached hydrogens (tertiary/aromatic N) is 1. The van der Waals surface area contributed by atoms with Crippen molar-refractivity contribution in [2.75, 3.05) is 41.0 Å². The maximum atomic E-state index is 12.6. The molecular weight excluding hydrogens is 630 g/mol. The Balaban J connectivity index is 4.16. The summed E-state index contributed by atoms with van der Waals surface area (Å²) in [4.78, 5) is 36.6. The highest BCUT2D eigenvalue weighted by atomic mass is 16.6. The number of hydrogen-bond acceptors (Lipinski definition) is 6. The fourth-order valence-electron chi connectivity index (χ4n) is 5.89. The van der Waals surface area contributed by atoms with Crippen LogP contribution >= 0.6 is 0 Å². The number of aliphatic carboxylic acids is 1. The average molecular weight is 709 g/mol. The second-order valence-corrected chi connectivity index (χ2v) is 14.9. The van der Waals surface area contributed by atoms with Crippen LogP contribution in [0.3, 0.4) is 0 Å². The van der Waals surface area contributed by atoms with Crippen LogP contribution in [-0.2, 0) is 28.6 Å². The summed E-state index contributed by atoms with van der Waals surface area (Å²) in [5, 5.41) is 9.56. The summed E-state index contributed by atoms with van der Waals surface area (Å²) >= 11 is 0. The van der Waals surface area contributed by atoms with Crippen molar-refractivity contribution < 1.29 is 38.2 Å². The highest BCUT2D eigenvalue weighted by Gasteiger charge is 2.31. The van der Waals surface area contributed by atoms with E-state index in [1.165, 1.54) is 83.5 Å². The van der Waals surface area contributed by atoms with Crippen LogP contribution in [0.15, 0.2) is 24.3 Å². The first-order valence-electron chi connectivity index (χ1n) is 20.4. The van der Waals surface area contributed by atoms with Crippen molar-refractivity contribution in [3.8, 4) is 0 Å². The summed E-state index contributed by atoms with van der Waals surface area (Å²) in [6, 6.07) is -0.610. The molecule has 8 heteroatoms. The third-order valence-electron chi connectivity index (χ3n) is 9.10. The minimum atomic E-state index is -0.877. The summed E-state index contributed by atoms with van der Waals surface area (Å²) in [6.07, 6.45) is 35.4. The molecule has 0 aromatic rings. The minimum Gasteiger partial charge on any atom is -0.477 e. The van der Waals surface area contributed by atoms with E-state index in [4.69, 9.17) is 14.2 Å². The lowest BCUT2D eigenvalue weighted by atomic mass is 10.1. The number of unbranched alkanes of at least 4 members (excludes halogenated alkanes) is 18. The van der Waals surface area contributed by atoms with E-state index in [-0.39, 0.29) is 36.2 Å². The molecule has 0 amide bonds. The van der Waals surface area contributed by atoms with Gasteiger partial charge in [-0.15, -0.1) is 0 Å². The quantitative estimate of drug-likeness (QED) is 0.0299. The number of ether oxygens (including phenoxy) is 3. The van der Waals surface area contributed by atoms with Crippen molar-refractivity contribution in [1.82, 2.24) is 0 Å². The van der Waals surface area contributed by atoms with Crippen LogP contribution in [0.2, 0.25) is 0 Å². The predicted octanol–water partition coefficient (Wildman–Crippen LogP) is 10.5. The summed E-state index contributed by atoms with van der Waals surface area (Å²) in [5.41, 5.74) is 0. The Morgan fingerprint density at radius 3 is 1.54 bits per heavy atom. The summed E-state index contributed by atoms with van der Waals surface area (Å²) in [5.74, 6) is -1.48. The molecule has 0 bridgehead atoms. The van der Waals surface area contributed by atoms with Crippen molar-refractivity contribution in [2.45, 2.75) is 187 Å². The van der Waals surface area contributed by atoms with Gasteiger partial charge in [0, 0.05) is 19.3 Å². The number of allylic oxidation sites excluding steroid dienone is 4. The Kier molecular flexibility index (Phi) is 32.4. The molecule has 0 heterocycles. The molecule has 0 aromatic heterocycles. The van der Waals surface area contributed by atoms with Gasteiger partial charge in [-0.2, -0.15) is 0 Å². The molecular formula is C42H78NO7+. The van der Waals surface area contributed by atoms with Crippen LogP contribution in [-0.4, -0.2) is 80.6 Å². The van der Waals surface area contributed by atoms with E-state index in [2.05, 4.69) is 38.2 Å². The van der Waals surface area contributed by atoms with Gasteiger partial charge >= 0.3 is 17.9 Å². The molecule has 0 aliphatic heterocycles. The lowest BCUT2D eigenvalue weighted by molar-refractivity contribution is -0.887. The van der Waals surface area contributed by atoms with Gasteiger partial charge in [-0.3, -0.25) is 9.59 Å². The van der Waals surface area contributed by atoms with Gasteiger partial charge in [0.1, 0.15) is 6.61 Å².